The quantitative estimate of drug-likeness (QED) is 0.709. The highest BCUT2D eigenvalue weighted by Gasteiger charge is 2.41. The van der Waals surface area contributed by atoms with Gasteiger partial charge in [-0.3, -0.25) is 4.79 Å². The van der Waals surface area contributed by atoms with Crippen LogP contribution in [-0.2, 0) is 0 Å². The van der Waals surface area contributed by atoms with Gasteiger partial charge in [-0.15, -0.1) is 12.4 Å². The molecule has 1 unspecified atom stereocenters. The van der Waals surface area contributed by atoms with Gasteiger partial charge in [0, 0.05) is 12.1 Å². The van der Waals surface area contributed by atoms with Crippen LogP contribution in [0, 0.1) is 11.8 Å². The topological polar surface area (TPSA) is 73.6 Å². The third-order valence-electron chi connectivity index (χ3n) is 4.35. The molecule has 5 nitrogen and oxygen atoms in total. The number of amides is 1. The van der Waals surface area contributed by atoms with Crippen LogP contribution in [0.2, 0.25) is 5.02 Å². The van der Waals surface area contributed by atoms with Gasteiger partial charge in [-0.25, -0.2) is 0 Å². The molecule has 25 heavy (non-hydrogen) atoms. The Morgan fingerprint density at radius 1 is 1.44 bits per heavy atom. The molecule has 142 valence electrons. The van der Waals surface area contributed by atoms with Crippen molar-refractivity contribution in [2.75, 3.05) is 20.3 Å². The van der Waals surface area contributed by atoms with Crippen LogP contribution in [-0.4, -0.2) is 31.7 Å². The lowest BCUT2D eigenvalue weighted by Gasteiger charge is -2.29. The van der Waals surface area contributed by atoms with E-state index in [1.165, 1.54) is 7.11 Å². The van der Waals surface area contributed by atoms with Gasteiger partial charge in [0.1, 0.15) is 0 Å². The lowest BCUT2D eigenvalue weighted by Crippen LogP contribution is -2.53. The summed E-state index contributed by atoms with van der Waals surface area (Å²) in [5.74, 6) is 1.52. The van der Waals surface area contributed by atoms with E-state index in [2.05, 4.69) is 5.32 Å². The van der Waals surface area contributed by atoms with Gasteiger partial charge in [0.15, 0.2) is 11.5 Å². The summed E-state index contributed by atoms with van der Waals surface area (Å²) in [4.78, 5) is 12.6. The highest BCUT2D eigenvalue weighted by molar-refractivity contribution is 6.32. The van der Waals surface area contributed by atoms with E-state index in [1.54, 1.807) is 12.1 Å². The normalized spacial score (nSPS) is 16.0. The Balaban J connectivity index is 0.00000312. The smallest absolute Gasteiger partial charge is 0.251 e. The first-order valence-corrected chi connectivity index (χ1v) is 8.71. The van der Waals surface area contributed by atoms with Crippen LogP contribution in [0.25, 0.3) is 0 Å². The number of benzene rings is 1. The summed E-state index contributed by atoms with van der Waals surface area (Å²) < 4.78 is 11.1. The first kappa shape index (κ1) is 21.9. The summed E-state index contributed by atoms with van der Waals surface area (Å²) >= 11 is 6.31. The number of carbonyl (C=O) groups excluding carboxylic acids is 1. The van der Waals surface area contributed by atoms with Crippen LogP contribution in [0.1, 0.15) is 44.0 Å². The Morgan fingerprint density at radius 2 is 2.08 bits per heavy atom. The fraction of sp³-hybridized carbons (Fsp3) is 0.611. The number of rotatable bonds is 8. The molecule has 1 aromatic rings. The zero-order valence-electron chi connectivity index (χ0n) is 15.2. The van der Waals surface area contributed by atoms with Crippen molar-refractivity contribution in [3.63, 3.8) is 0 Å². The van der Waals surface area contributed by atoms with Crippen LogP contribution in [0.5, 0.6) is 11.5 Å². The maximum atomic E-state index is 12.6. The number of nitrogens with one attached hydrogen (secondary N) is 1. The first-order chi connectivity index (χ1) is 11.3. The zero-order chi connectivity index (χ0) is 17.9. The average Bonchev–Trinajstić information content (AvgIpc) is 3.37. The van der Waals surface area contributed by atoms with Crippen molar-refractivity contribution in [3.8, 4) is 11.5 Å². The second kappa shape index (κ2) is 8.97. The van der Waals surface area contributed by atoms with Gasteiger partial charge in [0.2, 0.25) is 0 Å². The largest absolute Gasteiger partial charge is 0.493 e. The second-order valence-corrected chi connectivity index (χ2v) is 7.45. The third-order valence-corrected chi connectivity index (χ3v) is 4.63. The maximum Gasteiger partial charge on any atom is 0.251 e. The molecule has 1 fully saturated rings. The van der Waals surface area contributed by atoms with Gasteiger partial charge in [0.05, 0.1) is 24.3 Å². The molecule has 1 aliphatic carbocycles. The van der Waals surface area contributed by atoms with E-state index in [0.717, 1.165) is 12.8 Å². The minimum Gasteiger partial charge on any atom is -0.493 e. The minimum absolute atomic E-state index is 0. The molecule has 0 heterocycles. The van der Waals surface area contributed by atoms with E-state index in [0.29, 0.717) is 47.1 Å². The number of ether oxygens (including phenoxy) is 2. The maximum absolute atomic E-state index is 12.6. The molecule has 3 N–H and O–H groups in total. The molecule has 0 radical (unpaired) electrons. The number of nitrogens with two attached hydrogens (primary N) is 1. The Morgan fingerprint density at radius 3 is 2.56 bits per heavy atom. The van der Waals surface area contributed by atoms with E-state index in [-0.39, 0.29) is 23.9 Å². The lowest BCUT2D eigenvalue weighted by molar-refractivity contribution is 0.0897. The fourth-order valence-corrected chi connectivity index (χ4v) is 2.88. The molecule has 0 bridgehead atoms. The number of carbonyl (C=O) groups is 1. The third kappa shape index (κ3) is 5.40. The average molecular weight is 391 g/mol. The van der Waals surface area contributed by atoms with E-state index < -0.39 is 0 Å². The molecule has 1 aliphatic rings. The molecule has 1 amide bonds. The van der Waals surface area contributed by atoms with Gasteiger partial charge >= 0.3 is 0 Å². The molecule has 1 saturated carbocycles. The van der Waals surface area contributed by atoms with Crippen molar-refractivity contribution >= 4 is 29.9 Å². The summed E-state index contributed by atoms with van der Waals surface area (Å²) in [7, 11) is 1.53. The van der Waals surface area contributed by atoms with Crippen molar-refractivity contribution in [2.24, 2.45) is 17.6 Å². The number of hydrogen-bond acceptors (Lipinski definition) is 4. The molecular formula is C18H28Cl2N2O3. The molecule has 0 aliphatic heterocycles. The van der Waals surface area contributed by atoms with Gasteiger partial charge in [-0.2, -0.15) is 0 Å². The van der Waals surface area contributed by atoms with E-state index in [4.69, 9.17) is 26.8 Å². The molecule has 2 rings (SSSR count). The first-order valence-electron chi connectivity index (χ1n) is 8.33. The van der Waals surface area contributed by atoms with Crippen LogP contribution in [0.3, 0.4) is 0 Å². The summed E-state index contributed by atoms with van der Waals surface area (Å²) in [6, 6.07) is 3.26. The van der Waals surface area contributed by atoms with E-state index in [9.17, 15) is 4.79 Å². The molecule has 0 saturated heterocycles. The van der Waals surface area contributed by atoms with Crippen molar-refractivity contribution < 1.29 is 14.3 Å². The number of methoxy groups -OCH3 is 1. The van der Waals surface area contributed by atoms with Gasteiger partial charge in [0.25, 0.3) is 5.91 Å². The SMILES string of the molecule is COc1cc(C(=O)NC(C)(CN)C2CC2)cc(Cl)c1OCC(C)C.Cl. The standard InChI is InChI=1S/C18H27ClN2O3.ClH/c1-11(2)9-24-16-14(19)7-12(8-15(16)23-4)17(22)21-18(3,10-20)13-5-6-13;/h7-8,11,13H,5-6,9-10,20H2,1-4H3,(H,21,22);1H. The van der Waals surface area contributed by atoms with E-state index >= 15 is 0 Å². The van der Waals surface area contributed by atoms with Gasteiger partial charge in [-0.1, -0.05) is 25.4 Å². The summed E-state index contributed by atoms with van der Waals surface area (Å²) in [5.41, 5.74) is 5.92. The second-order valence-electron chi connectivity index (χ2n) is 7.04. The van der Waals surface area contributed by atoms with Crippen molar-refractivity contribution in [3.05, 3.63) is 22.7 Å². The summed E-state index contributed by atoms with van der Waals surface area (Å²) in [5, 5.41) is 3.41. The predicted molar refractivity (Wildman–Crippen MR) is 103 cm³/mol. The van der Waals surface area contributed by atoms with Crippen LogP contribution < -0.4 is 20.5 Å². The molecule has 7 heteroatoms. The molecular weight excluding hydrogens is 363 g/mol. The Kier molecular flexibility index (Phi) is 7.85. The monoisotopic (exact) mass is 390 g/mol. The van der Waals surface area contributed by atoms with Crippen molar-refractivity contribution in [1.29, 1.82) is 0 Å². The Bertz CT molecular complexity index is 606. The molecule has 0 spiro atoms. The fourth-order valence-electron chi connectivity index (χ4n) is 2.61. The molecule has 1 aromatic carbocycles. The highest BCUT2D eigenvalue weighted by Crippen LogP contribution is 2.40. The molecule has 1 atom stereocenters. The summed E-state index contributed by atoms with van der Waals surface area (Å²) in [6.45, 7) is 7.02. The number of hydrogen-bond donors (Lipinski definition) is 2. The Hall–Kier alpha value is -1.17. The number of halogens is 2. The predicted octanol–water partition coefficient (Wildman–Crippen LogP) is 3.66. The van der Waals surface area contributed by atoms with Gasteiger partial charge in [-0.05, 0) is 43.7 Å². The Labute approximate surface area is 161 Å². The summed E-state index contributed by atoms with van der Waals surface area (Å²) in [6.07, 6.45) is 2.19. The van der Waals surface area contributed by atoms with Gasteiger partial charge < -0.3 is 20.5 Å². The van der Waals surface area contributed by atoms with Crippen molar-refractivity contribution in [2.45, 2.75) is 39.2 Å². The van der Waals surface area contributed by atoms with Crippen molar-refractivity contribution in [1.82, 2.24) is 5.32 Å². The van der Waals surface area contributed by atoms with Crippen LogP contribution in [0.4, 0.5) is 0 Å². The minimum atomic E-state index is -0.385. The highest BCUT2D eigenvalue weighted by atomic mass is 35.5. The van der Waals surface area contributed by atoms with Crippen LogP contribution >= 0.6 is 24.0 Å². The van der Waals surface area contributed by atoms with E-state index in [1.807, 2.05) is 20.8 Å². The molecule has 0 aromatic heterocycles. The van der Waals surface area contributed by atoms with Crippen LogP contribution in [0.15, 0.2) is 12.1 Å². The zero-order valence-corrected chi connectivity index (χ0v) is 16.8. The lowest BCUT2D eigenvalue weighted by atomic mass is 9.95.